The molecule has 16 heavy (non-hydrogen) atoms. The number of rotatable bonds is 3. The van der Waals surface area contributed by atoms with E-state index in [4.69, 9.17) is 4.43 Å². The van der Waals surface area contributed by atoms with E-state index in [0.717, 1.165) is 6.61 Å². The lowest BCUT2D eigenvalue weighted by atomic mass is 10.1. The Balaban J connectivity index is 2.40. The van der Waals surface area contributed by atoms with Gasteiger partial charge >= 0.3 is 0 Å². The number of hydrogen-bond donors (Lipinski definition) is 0. The molecule has 0 amide bonds. The van der Waals surface area contributed by atoms with Gasteiger partial charge in [-0.25, -0.2) is 0 Å². The average Bonchev–Trinajstić information content (AvgIpc) is 2.53. The highest BCUT2D eigenvalue weighted by Crippen LogP contribution is 2.42. The molecular weight excluding hydrogens is 212 g/mol. The quantitative estimate of drug-likeness (QED) is 0.717. The first-order valence-electron chi connectivity index (χ1n) is 5.97. The molecule has 1 aromatic rings. The fraction of sp³-hybridized carbons (Fsp3) is 0.429. The van der Waals surface area contributed by atoms with E-state index in [9.17, 15) is 0 Å². The number of allylic oxidation sites excluding steroid dienone is 1. The van der Waals surface area contributed by atoms with Crippen molar-refractivity contribution in [3.05, 3.63) is 41.0 Å². The highest BCUT2D eigenvalue weighted by molar-refractivity contribution is 6.73. The SMILES string of the molecule is CCO[Si](C)(C)C1C(C)=Cc2ccccc21. The van der Waals surface area contributed by atoms with Gasteiger partial charge in [-0.05, 0) is 38.1 Å². The minimum atomic E-state index is -1.65. The molecule has 1 aliphatic rings. The van der Waals surface area contributed by atoms with Crippen molar-refractivity contribution < 1.29 is 4.43 Å². The maximum atomic E-state index is 6.04. The van der Waals surface area contributed by atoms with Gasteiger partial charge in [0.05, 0.1) is 0 Å². The van der Waals surface area contributed by atoms with Crippen molar-refractivity contribution in [2.75, 3.05) is 6.61 Å². The first kappa shape index (κ1) is 11.6. The maximum Gasteiger partial charge on any atom is 0.198 e. The van der Waals surface area contributed by atoms with Crippen LogP contribution in [0.25, 0.3) is 6.08 Å². The van der Waals surface area contributed by atoms with Gasteiger partial charge in [-0.2, -0.15) is 0 Å². The van der Waals surface area contributed by atoms with Gasteiger partial charge in [0.1, 0.15) is 0 Å². The predicted octanol–water partition coefficient (Wildman–Crippen LogP) is 3.97. The largest absolute Gasteiger partial charge is 0.417 e. The molecule has 1 atom stereocenters. The molecule has 0 bridgehead atoms. The Morgan fingerprint density at radius 3 is 2.62 bits per heavy atom. The third kappa shape index (κ3) is 1.87. The summed E-state index contributed by atoms with van der Waals surface area (Å²) in [6.45, 7) is 9.79. The number of fused-ring (bicyclic) bond motifs is 1. The zero-order chi connectivity index (χ0) is 11.8. The van der Waals surface area contributed by atoms with Gasteiger partial charge in [0.15, 0.2) is 8.32 Å². The summed E-state index contributed by atoms with van der Waals surface area (Å²) in [7, 11) is -1.65. The summed E-state index contributed by atoms with van der Waals surface area (Å²) in [6.07, 6.45) is 2.31. The molecule has 0 aromatic heterocycles. The summed E-state index contributed by atoms with van der Waals surface area (Å²) >= 11 is 0. The van der Waals surface area contributed by atoms with Crippen LogP contribution in [0.1, 0.15) is 30.5 Å². The number of hydrogen-bond acceptors (Lipinski definition) is 1. The second-order valence-corrected chi connectivity index (χ2v) is 9.06. The van der Waals surface area contributed by atoms with Crippen molar-refractivity contribution in [2.45, 2.75) is 32.5 Å². The second-order valence-electron chi connectivity index (χ2n) is 4.99. The normalized spacial score (nSPS) is 19.5. The Kier molecular flexibility index (Phi) is 3.04. The molecule has 2 heteroatoms. The lowest BCUT2D eigenvalue weighted by Crippen LogP contribution is -2.38. The monoisotopic (exact) mass is 232 g/mol. The van der Waals surface area contributed by atoms with E-state index in [1.54, 1.807) is 0 Å². The van der Waals surface area contributed by atoms with E-state index in [1.807, 2.05) is 0 Å². The lowest BCUT2D eigenvalue weighted by molar-refractivity contribution is 0.324. The zero-order valence-corrected chi connectivity index (χ0v) is 11.6. The maximum absolute atomic E-state index is 6.04. The van der Waals surface area contributed by atoms with Crippen LogP contribution in [0.3, 0.4) is 0 Å². The first-order valence-corrected chi connectivity index (χ1v) is 8.96. The van der Waals surface area contributed by atoms with Crippen molar-refractivity contribution >= 4 is 14.4 Å². The minimum Gasteiger partial charge on any atom is -0.417 e. The predicted molar refractivity (Wildman–Crippen MR) is 71.9 cm³/mol. The average molecular weight is 232 g/mol. The van der Waals surface area contributed by atoms with Gasteiger partial charge in [0.2, 0.25) is 0 Å². The highest BCUT2D eigenvalue weighted by Gasteiger charge is 2.39. The Morgan fingerprint density at radius 1 is 1.25 bits per heavy atom. The zero-order valence-electron chi connectivity index (χ0n) is 10.6. The standard InChI is InChI=1S/C14H20OSi/c1-5-15-16(3,4)14-11(2)10-12-8-6-7-9-13(12)14/h6-10,14H,5H2,1-4H3. The fourth-order valence-corrected chi connectivity index (χ4v) is 5.96. The molecule has 0 radical (unpaired) electrons. The van der Waals surface area contributed by atoms with Crippen LogP contribution in [0.5, 0.6) is 0 Å². The van der Waals surface area contributed by atoms with E-state index < -0.39 is 8.32 Å². The molecular formula is C14H20OSi. The van der Waals surface area contributed by atoms with Gasteiger partial charge in [-0.3, -0.25) is 0 Å². The lowest BCUT2D eigenvalue weighted by Gasteiger charge is -2.31. The third-order valence-corrected chi connectivity index (χ3v) is 6.55. The van der Waals surface area contributed by atoms with Crippen LogP contribution in [0.15, 0.2) is 29.8 Å². The number of benzene rings is 1. The molecule has 1 unspecified atom stereocenters. The van der Waals surface area contributed by atoms with E-state index in [-0.39, 0.29) is 0 Å². The Morgan fingerprint density at radius 2 is 1.94 bits per heavy atom. The molecule has 0 N–H and O–H groups in total. The molecule has 0 aliphatic heterocycles. The van der Waals surface area contributed by atoms with Crippen LogP contribution >= 0.6 is 0 Å². The molecule has 0 spiro atoms. The summed E-state index contributed by atoms with van der Waals surface area (Å²) in [6, 6.07) is 8.70. The minimum absolute atomic E-state index is 0.531. The first-order chi connectivity index (χ1) is 7.56. The van der Waals surface area contributed by atoms with Crippen LogP contribution in [0.4, 0.5) is 0 Å². The van der Waals surface area contributed by atoms with Crippen LogP contribution in [0.2, 0.25) is 13.1 Å². The van der Waals surface area contributed by atoms with Crippen LogP contribution in [-0.4, -0.2) is 14.9 Å². The molecule has 2 rings (SSSR count). The summed E-state index contributed by atoms with van der Waals surface area (Å²) in [4.78, 5) is 0. The molecule has 1 aromatic carbocycles. The fourth-order valence-electron chi connectivity index (χ4n) is 2.86. The van der Waals surface area contributed by atoms with Crippen molar-refractivity contribution in [1.82, 2.24) is 0 Å². The van der Waals surface area contributed by atoms with E-state index in [1.165, 1.54) is 16.7 Å². The Hall–Kier alpha value is -0.863. The van der Waals surface area contributed by atoms with Crippen LogP contribution < -0.4 is 0 Å². The Labute approximate surface area is 99.3 Å². The molecule has 1 nitrogen and oxygen atoms in total. The molecule has 86 valence electrons. The summed E-state index contributed by atoms with van der Waals surface area (Å²) < 4.78 is 6.04. The smallest absolute Gasteiger partial charge is 0.198 e. The molecule has 1 aliphatic carbocycles. The summed E-state index contributed by atoms with van der Waals surface area (Å²) in [5, 5.41) is 0. The van der Waals surface area contributed by atoms with Gasteiger partial charge < -0.3 is 4.43 Å². The topological polar surface area (TPSA) is 9.23 Å². The van der Waals surface area contributed by atoms with Gasteiger partial charge in [-0.15, -0.1) is 0 Å². The van der Waals surface area contributed by atoms with Crippen molar-refractivity contribution in [2.24, 2.45) is 0 Å². The molecule has 0 heterocycles. The van der Waals surface area contributed by atoms with E-state index in [0.29, 0.717) is 5.54 Å². The van der Waals surface area contributed by atoms with Gasteiger partial charge in [0, 0.05) is 12.1 Å². The molecule has 0 saturated heterocycles. The van der Waals surface area contributed by atoms with E-state index >= 15 is 0 Å². The molecule has 0 fully saturated rings. The Bertz CT molecular complexity index is 420. The molecule has 0 saturated carbocycles. The summed E-state index contributed by atoms with van der Waals surface area (Å²) in [5.41, 5.74) is 4.84. The third-order valence-electron chi connectivity index (χ3n) is 3.36. The van der Waals surface area contributed by atoms with Crippen molar-refractivity contribution in [3.63, 3.8) is 0 Å². The van der Waals surface area contributed by atoms with Crippen LogP contribution in [0, 0.1) is 0 Å². The van der Waals surface area contributed by atoms with Crippen molar-refractivity contribution in [3.8, 4) is 0 Å². The van der Waals surface area contributed by atoms with Gasteiger partial charge in [-0.1, -0.05) is 35.9 Å². The van der Waals surface area contributed by atoms with Gasteiger partial charge in [0.25, 0.3) is 0 Å². The second kappa shape index (κ2) is 4.19. The van der Waals surface area contributed by atoms with Crippen molar-refractivity contribution in [1.29, 1.82) is 0 Å². The van der Waals surface area contributed by atoms with Crippen LogP contribution in [-0.2, 0) is 4.43 Å². The summed E-state index contributed by atoms with van der Waals surface area (Å²) in [5.74, 6) is 0. The van der Waals surface area contributed by atoms with E-state index in [2.05, 4.69) is 57.3 Å². The highest BCUT2D eigenvalue weighted by atomic mass is 28.4.